The lowest BCUT2D eigenvalue weighted by Crippen LogP contribution is -2.42. The number of carbonyl (C=O) groups is 2. The molecule has 1 aromatic carbocycles. The molecule has 2 aliphatic rings. The Hall–Kier alpha value is -3.01. The number of anilines is 1. The van der Waals surface area contributed by atoms with E-state index >= 15 is 0 Å². The number of nitrogens with one attached hydrogen (secondary N) is 1. The van der Waals surface area contributed by atoms with Crippen molar-refractivity contribution in [2.45, 2.75) is 44.7 Å². The normalized spacial score (nSPS) is 22.5. The molecule has 7 nitrogen and oxygen atoms in total. The molecule has 3 atom stereocenters. The predicted octanol–water partition coefficient (Wildman–Crippen LogP) is 3.52. The first-order valence-corrected chi connectivity index (χ1v) is 10.2. The molecule has 2 aliphatic heterocycles. The highest BCUT2D eigenvalue weighted by Gasteiger charge is 2.42. The second-order valence-electron chi connectivity index (χ2n) is 7.83. The van der Waals surface area contributed by atoms with Crippen molar-refractivity contribution >= 4 is 17.6 Å². The molecular weight excluding hydrogens is 429 g/mol. The third-order valence-electron chi connectivity index (χ3n) is 5.50. The van der Waals surface area contributed by atoms with Gasteiger partial charge in [-0.15, -0.1) is 0 Å². The second kappa shape index (κ2) is 10.1. The van der Waals surface area contributed by atoms with Gasteiger partial charge in [-0.1, -0.05) is 17.7 Å². The summed E-state index contributed by atoms with van der Waals surface area (Å²) < 4.78 is 43.1. The van der Waals surface area contributed by atoms with Gasteiger partial charge in [-0.05, 0) is 49.9 Å². The number of halogens is 3. The Morgan fingerprint density at radius 2 is 1.91 bits per heavy atom. The summed E-state index contributed by atoms with van der Waals surface area (Å²) in [6.45, 7) is 4.39. The molecule has 10 heteroatoms. The van der Waals surface area contributed by atoms with E-state index in [2.05, 4.69) is 41.4 Å². The fourth-order valence-corrected chi connectivity index (χ4v) is 3.79. The van der Waals surface area contributed by atoms with E-state index in [0.29, 0.717) is 12.5 Å². The van der Waals surface area contributed by atoms with Crippen LogP contribution in [0.3, 0.4) is 0 Å². The van der Waals surface area contributed by atoms with E-state index in [1.165, 1.54) is 11.3 Å². The average molecular weight is 454 g/mol. The van der Waals surface area contributed by atoms with Gasteiger partial charge < -0.3 is 24.5 Å². The van der Waals surface area contributed by atoms with Crippen molar-refractivity contribution < 1.29 is 37.0 Å². The van der Waals surface area contributed by atoms with Crippen LogP contribution in [-0.2, 0) is 20.9 Å². The molecule has 4 rings (SSSR count). The highest BCUT2D eigenvalue weighted by Crippen LogP contribution is 2.35. The van der Waals surface area contributed by atoms with E-state index in [1.54, 1.807) is 6.26 Å². The number of rotatable bonds is 4. The quantitative estimate of drug-likeness (QED) is 0.735. The Balaban J connectivity index is 0.000000360. The zero-order chi connectivity index (χ0) is 23.3. The smallest absolute Gasteiger partial charge is 0.475 e. The van der Waals surface area contributed by atoms with Gasteiger partial charge in [-0.3, -0.25) is 4.79 Å². The molecule has 32 heavy (non-hydrogen) atoms. The number of carboxylic acid groups (broad SMARTS) is 1. The number of hydrogen-bond donors (Lipinski definition) is 2. The predicted molar refractivity (Wildman–Crippen MR) is 109 cm³/mol. The summed E-state index contributed by atoms with van der Waals surface area (Å²) in [6.07, 6.45) is -1.80. The summed E-state index contributed by atoms with van der Waals surface area (Å²) >= 11 is 0. The Morgan fingerprint density at radius 3 is 2.50 bits per heavy atom. The lowest BCUT2D eigenvalue weighted by molar-refractivity contribution is -0.192. The Kier molecular flexibility index (Phi) is 7.44. The number of aryl methyl sites for hydroxylation is 1. The average Bonchev–Trinajstić information content (AvgIpc) is 3.41. The molecule has 0 bridgehead atoms. The van der Waals surface area contributed by atoms with Crippen LogP contribution in [0.1, 0.15) is 24.2 Å². The van der Waals surface area contributed by atoms with Gasteiger partial charge in [0.15, 0.2) is 0 Å². The molecule has 2 N–H and O–H groups in total. The summed E-state index contributed by atoms with van der Waals surface area (Å²) in [5.74, 6) is -1.56. The second-order valence-corrected chi connectivity index (χ2v) is 7.83. The van der Waals surface area contributed by atoms with Gasteiger partial charge in [0.25, 0.3) is 0 Å². The SMILES string of the molecule is Cc1ccc(N2CC[C@H]3C[C@H](C(=O)NCc4ccco4)O[C@@H]3C2)cc1.O=C(O)C(F)(F)F. The minimum atomic E-state index is -5.08. The number of hydrogen-bond acceptors (Lipinski definition) is 5. The van der Waals surface area contributed by atoms with Gasteiger partial charge in [0.1, 0.15) is 11.9 Å². The van der Waals surface area contributed by atoms with Gasteiger partial charge in [-0.2, -0.15) is 13.2 Å². The minimum Gasteiger partial charge on any atom is -0.475 e. The first-order valence-electron chi connectivity index (χ1n) is 10.2. The molecule has 2 fully saturated rings. The molecule has 1 aromatic heterocycles. The number of benzene rings is 1. The van der Waals surface area contributed by atoms with Crippen molar-refractivity contribution in [2.75, 3.05) is 18.0 Å². The van der Waals surface area contributed by atoms with Crippen LogP contribution >= 0.6 is 0 Å². The number of carboxylic acids is 1. The highest BCUT2D eigenvalue weighted by molar-refractivity contribution is 5.81. The number of ether oxygens (including phenoxy) is 1. The number of amides is 1. The maximum absolute atomic E-state index is 12.4. The molecule has 174 valence electrons. The van der Waals surface area contributed by atoms with Crippen LogP contribution in [-0.4, -0.2) is 48.5 Å². The molecular formula is C22H25F3N2O5. The van der Waals surface area contributed by atoms with Crippen LogP contribution in [0.15, 0.2) is 47.1 Å². The fourth-order valence-electron chi connectivity index (χ4n) is 3.79. The number of aliphatic carboxylic acids is 1. The van der Waals surface area contributed by atoms with E-state index in [-0.39, 0.29) is 18.1 Å². The summed E-state index contributed by atoms with van der Waals surface area (Å²) in [5.41, 5.74) is 2.50. The molecule has 2 aromatic rings. The number of furan rings is 1. The molecule has 1 amide bonds. The number of fused-ring (bicyclic) bond motifs is 1. The van der Waals surface area contributed by atoms with Gasteiger partial charge >= 0.3 is 12.1 Å². The molecule has 0 radical (unpaired) electrons. The minimum absolute atomic E-state index is 0.0346. The zero-order valence-electron chi connectivity index (χ0n) is 17.5. The van der Waals surface area contributed by atoms with E-state index in [9.17, 15) is 18.0 Å². The van der Waals surface area contributed by atoms with Crippen molar-refractivity contribution in [1.29, 1.82) is 0 Å². The van der Waals surface area contributed by atoms with Crippen molar-refractivity contribution in [3.05, 3.63) is 54.0 Å². The van der Waals surface area contributed by atoms with Crippen molar-refractivity contribution in [1.82, 2.24) is 5.32 Å². The number of nitrogens with zero attached hydrogens (tertiary/aromatic N) is 1. The van der Waals surface area contributed by atoms with Crippen LogP contribution < -0.4 is 10.2 Å². The van der Waals surface area contributed by atoms with Gasteiger partial charge in [0.2, 0.25) is 5.91 Å². The van der Waals surface area contributed by atoms with E-state index in [1.807, 2.05) is 12.1 Å². The standard InChI is InChI=1S/C20H24N2O3.C2HF3O2/c1-14-4-6-16(7-5-14)22-9-8-15-11-18(25-19(15)13-22)20(23)21-12-17-3-2-10-24-17;3-2(4,5)1(6)7/h2-7,10,15,18-19H,8-9,11-13H2,1H3,(H,21,23);(H,6,7)/t15-,18+,19+;/m0./s1. The monoisotopic (exact) mass is 454 g/mol. The van der Waals surface area contributed by atoms with Gasteiger partial charge in [-0.25, -0.2) is 4.79 Å². The third-order valence-corrected chi connectivity index (χ3v) is 5.50. The van der Waals surface area contributed by atoms with Crippen molar-refractivity contribution in [3.8, 4) is 0 Å². The Labute approximate surface area is 183 Å². The van der Waals surface area contributed by atoms with Gasteiger partial charge in [0.05, 0.1) is 18.9 Å². The zero-order valence-corrected chi connectivity index (χ0v) is 17.5. The number of alkyl halides is 3. The molecule has 0 spiro atoms. The van der Waals surface area contributed by atoms with E-state index in [0.717, 1.165) is 31.7 Å². The number of carbonyl (C=O) groups excluding carboxylic acids is 1. The van der Waals surface area contributed by atoms with Crippen LogP contribution in [0.25, 0.3) is 0 Å². The number of piperidine rings is 1. The molecule has 0 unspecified atom stereocenters. The maximum Gasteiger partial charge on any atom is 0.490 e. The highest BCUT2D eigenvalue weighted by atomic mass is 19.4. The van der Waals surface area contributed by atoms with Gasteiger partial charge in [0, 0.05) is 18.8 Å². The molecule has 0 saturated carbocycles. The van der Waals surface area contributed by atoms with Crippen LogP contribution in [0.4, 0.5) is 18.9 Å². The summed E-state index contributed by atoms with van der Waals surface area (Å²) in [5, 5.41) is 10.0. The largest absolute Gasteiger partial charge is 0.490 e. The lowest BCUT2D eigenvalue weighted by atomic mass is 9.91. The maximum atomic E-state index is 12.4. The lowest BCUT2D eigenvalue weighted by Gasteiger charge is -2.35. The van der Waals surface area contributed by atoms with Crippen molar-refractivity contribution in [2.24, 2.45) is 5.92 Å². The molecule has 3 heterocycles. The summed E-state index contributed by atoms with van der Waals surface area (Å²) in [7, 11) is 0. The Morgan fingerprint density at radius 1 is 1.22 bits per heavy atom. The molecule has 2 saturated heterocycles. The summed E-state index contributed by atoms with van der Waals surface area (Å²) in [6, 6.07) is 12.3. The molecule has 0 aliphatic carbocycles. The Bertz CT molecular complexity index is 899. The van der Waals surface area contributed by atoms with E-state index < -0.39 is 12.1 Å². The first kappa shape index (κ1) is 23.6. The third kappa shape index (κ3) is 6.25. The van der Waals surface area contributed by atoms with E-state index in [4.69, 9.17) is 19.1 Å². The fraction of sp³-hybridized carbons (Fsp3) is 0.455. The first-order chi connectivity index (χ1) is 15.1. The summed E-state index contributed by atoms with van der Waals surface area (Å²) in [4.78, 5) is 23.6. The topological polar surface area (TPSA) is 92.0 Å². The van der Waals surface area contributed by atoms with Crippen LogP contribution in [0, 0.1) is 12.8 Å². The van der Waals surface area contributed by atoms with Crippen LogP contribution in [0.5, 0.6) is 0 Å². The van der Waals surface area contributed by atoms with Crippen LogP contribution in [0.2, 0.25) is 0 Å². The van der Waals surface area contributed by atoms with Crippen molar-refractivity contribution in [3.63, 3.8) is 0 Å².